The van der Waals surface area contributed by atoms with Crippen molar-refractivity contribution in [2.45, 2.75) is 25.8 Å². The van der Waals surface area contributed by atoms with E-state index in [0.29, 0.717) is 12.0 Å². The summed E-state index contributed by atoms with van der Waals surface area (Å²) in [5.74, 6) is 0.504. The maximum Gasteiger partial charge on any atom is 0.193 e. The fourth-order valence-corrected chi connectivity index (χ4v) is 2.43. The minimum absolute atomic E-state index is 0. The van der Waals surface area contributed by atoms with Gasteiger partial charge >= 0.3 is 0 Å². The second-order valence-electron chi connectivity index (χ2n) is 4.64. The molecule has 0 saturated carbocycles. The Balaban J connectivity index is 0.00000180. The quantitative estimate of drug-likeness (QED) is 0.484. The molecule has 19 heavy (non-hydrogen) atoms. The summed E-state index contributed by atoms with van der Waals surface area (Å²) in [6.07, 6.45) is 2.51. The summed E-state index contributed by atoms with van der Waals surface area (Å²) in [5.41, 5.74) is 6.87. The molecule has 1 saturated heterocycles. The molecular weight excluding hydrogens is 351 g/mol. The molecule has 0 aliphatic carbocycles. The van der Waals surface area contributed by atoms with Gasteiger partial charge in [0.1, 0.15) is 0 Å². The topological polar surface area (TPSA) is 53.6 Å². The zero-order chi connectivity index (χ0) is 12.8. The maximum absolute atomic E-state index is 5.89. The van der Waals surface area contributed by atoms with E-state index in [2.05, 4.69) is 22.1 Å². The third-order valence-electron chi connectivity index (χ3n) is 3.42. The van der Waals surface area contributed by atoms with Gasteiger partial charge in [-0.3, -0.25) is 9.89 Å². The number of para-hydroxylation sites is 1. The predicted octanol–water partition coefficient (Wildman–Crippen LogP) is 2.52. The van der Waals surface area contributed by atoms with E-state index in [4.69, 9.17) is 5.73 Å². The van der Waals surface area contributed by atoms with Crippen molar-refractivity contribution in [3.8, 4) is 0 Å². The van der Waals surface area contributed by atoms with Crippen LogP contribution in [0.5, 0.6) is 0 Å². The van der Waals surface area contributed by atoms with Gasteiger partial charge in [-0.05, 0) is 38.1 Å². The summed E-state index contributed by atoms with van der Waals surface area (Å²) in [7, 11) is 0. The molecule has 0 radical (unpaired) electrons. The Morgan fingerprint density at radius 2 is 2.16 bits per heavy atom. The third-order valence-corrected chi connectivity index (χ3v) is 3.42. The number of likely N-dealkylation sites (tertiary alicyclic amines) is 1. The number of aliphatic imine (C=N–C) groups is 1. The minimum Gasteiger partial charge on any atom is -0.370 e. The average Bonchev–Trinajstić information content (AvgIpc) is 2.85. The number of nitrogens with two attached hydrogens (primary N) is 1. The van der Waals surface area contributed by atoms with Crippen LogP contribution in [0, 0.1) is 0 Å². The van der Waals surface area contributed by atoms with E-state index in [1.807, 2.05) is 30.3 Å². The largest absolute Gasteiger partial charge is 0.370 e. The van der Waals surface area contributed by atoms with Crippen molar-refractivity contribution in [3.63, 3.8) is 0 Å². The summed E-state index contributed by atoms with van der Waals surface area (Å²) in [6.45, 7) is 5.29. The normalized spacial score (nSPS) is 20.1. The van der Waals surface area contributed by atoms with Crippen molar-refractivity contribution < 1.29 is 0 Å². The summed E-state index contributed by atoms with van der Waals surface area (Å²) in [6, 6.07) is 10.5. The van der Waals surface area contributed by atoms with Gasteiger partial charge in [-0.1, -0.05) is 25.1 Å². The van der Waals surface area contributed by atoms with E-state index < -0.39 is 0 Å². The van der Waals surface area contributed by atoms with Crippen molar-refractivity contribution >= 4 is 35.6 Å². The molecule has 1 fully saturated rings. The lowest BCUT2D eigenvalue weighted by atomic mass is 10.2. The Hall–Kier alpha value is -0.820. The van der Waals surface area contributed by atoms with Gasteiger partial charge in [0.2, 0.25) is 0 Å². The van der Waals surface area contributed by atoms with Gasteiger partial charge in [-0.15, -0.1) is 24.0 Å². The van der Waals surface area contributed by atoms with Gasteiger partial charge < -0.3 is 11.1 Å². The van der Waals surface area contributed by atoms with Crippen molar-refractivity contribution in [1.82, 2.24) is 4.90 Å². The number of guanidine groups is 1. The highest BCUT2D eigenvalue weighted by molar-refractivity contribution is 14.0. The number of hydrogen-bond donors (Lipinski definition) is 2. The van der Waals surface area contributed by atoms with Gasteiger partial charge in [0.15, 0.2) is 5.96 Å². The van der Waals surface area contributed by atoms with E-state index in [9.17, 15) is 0 Å². The molecule has 0 amide bonds. The molecule has 1 aliphatic rings. The van der Waals surface area contributed by atoms with Crippen LogP contribution in [0.2, 0.25) is 0 Å². The summed E-state index contributed by atoms with van der Waals surface area (Å²) >= 11 is 0. The lowest BCUT2D eigenvalue weighted by Gasteiger charge is -2.20. The average molecular weight is 374 g/mol. The lowest BCUT2D eigenvalue weighted by Crippen LogP contribution is -2.33. The zero-order valence-electron chi connectivity index (χ0n) is 11.4. The third kappa shape index (κ3) is 4.99. The molecule has 0 spiro atoms. The zero-order valence-corrected chi connectivity index (χ0v) is 13.7. The second-order valence-corrected chi connectivity index (χ2v) is 4.64. The standard InChI is InChI=1S/C14H22N4.HI/c1-2-18-10-6-9-13(18)11-16-14(15)17-12-7-4-3-5-8-12;/h3-5,7-8,13H,2,6,9-11H2,1H3,(H3,15,16,17);1H. The number of halogens is 1. The summed E-state index contributed by atoms with van der Waals surface area (Å²) in [5, 5.41) is 3.11. The smallest absolute Gasteiger partial charge is 0.193 e. The predicted molar refractivity (Wildman–Crippen MR) is 92.2 cm³/mol. The van der Waals surface area contributed by atoms with E-state index in [1.54, 1.807) is 0 Å². The van der Waals surface area contributed by atoms with Crippen LogP contribution in [0.15, 0.2) is 35.3 Å². The molecule has 106 valence electrons. The fraction of sp³-hybridized carbons (Fsp3) is 0.500. The van der Waals surface area contributed by atoms with Crippen molar-refractivity contribution in [2.75, 3.05) is 25.0 Å². The Bertz CT molecular complexity index is 394. The van der Waals surface area contributed by atoms with E-state index >= 15 is 0 Å². The summed E-state index contributed by atoms with van der Waals surface area (Å²) < 4.78 is 0. The number of likely N-dealkylation sites (N-methyl/N-ethyl adjacent to an activating group) is 1. The Labute approximate surface area is 132 Å². The Morgan fingerprint density at radius 3 is 2.84 bits per heavy atom. The van der Waals surface area contributed by atoms with Gasteiger partial charge in [-0.2, -0.15) is 0 Å². The number of nitrogens with zero attached hydrogens (tertiary/aromatic N) is 2. The van der Waals surface area contributed by atoms with Crippen LogP contribution >= 0.6 is 24.0 Å². The molecule has 2 rings (SSSR count). The first-order chi connectivity index (χ1) is 8.79. The van der Waals surface area contributed by atoms with Crippen LogP contribution in [0.25, 0.3) is 0 Å². The monoisotopic (exact) mass is 374 g/mol. The summed E-state index contributed by atoms with van der Waals surface area (Å²) in [4.78, 5) is 6.91. The Kier molecular flexibility index (Phi) is 7.15. The molecular formula is C14H23IN4. The highest BCUT2D eigenvalue weighted by Crippen LogP contribution is 2.16. The van der Waals surface area contributed by atoms with Crippen molar-refractivity contribution in [2.24, 2.45) is 10.7 Å². The number of hydrogen-bond acceptors (Lipinski definition) is 2. The second kappa shape index (κ2) is 8.37. The highest BCUT2D eigenvalue weighted by atomic mass is 127. The minimum atomic E-state index is 0. The number of nitrogens with one attached hydrogen (secondary N) is 1. The molecule has 1 aromatic rings. The van der Waals surface area contributed by atoms with Crippen molar-refractivity contribution in [1.29, 1.82) is 0 Å². The maximum atomic E-state index is 5.89. The van der Waals surface area contributed by atoms with Crippen LogP contribution in [0.4, 0.5) is 5.69 Å². The molecule has 1 atom stereocenters. The van der Waals surface area contributed by atoms with Crippen LogP contribution in [0.3, 0.4) is 0 Å². The molecule has 1 heterocycles. The first kappa shape index (κ1) is 16.2. The fourth-order valence-electron chi connectivity index (χ4n) is 2.43. The highest BCUT2D eigenvalue weighted by Gasteiger charge is 2.22. The SMILES string of the molecule is CCN1CCCC1CN=C(N)Nc1ccccc1.I. The van der Waals surface area contributed by atoms with Crippen LogP contribution in [-0.4, -0.2) is 36.5 Å². The molecule has 3 N–H and O–H groups in total. The van der Waals surface area contributed by atoms with E-state index in [0.717, 1.165) is 18.8 Å². The van der Waals surface area contributed by atoms with Crippen molar-refractivity contribution in [3.05, 3.63) is 30.3 Å². The molecule has 0 bridgehead atoms. The van der Waals surface area contributed by atoms with E-state index in [1.165, 1.54) is 19.4 Å². The number of anilines is 1. The molecule has 1 unspecified atom stereocenters. The molecule has 0 aromatic heterocycles. The first-order valence-corrected chi connectivity index (χ1v) is 6.65. The van der Waals surface area contributed by atoms with Crippen LogP contribution in [-0.2, 0) is 0 Å². The van der Waals surface area contributed by atoms with Crippen LogP contribution in [0.1, 0.15) is 19.8 Å². The van der Waals surface area contributed by atoms with Gasteiger partial charge in [0.05, 0.1) is 6.54 Å². The Morgan fingerprint density at radius 1 is 1.42 bits per heavy atom. The molecule has 1 aliphatic heterocycles. The lowest BCUT2D eigenvalue weighted by molar-refractivity contribution is 0.273. The molecule has 5 heteroatoms. The first-order valence-electron chi connectivity index (χ1n) is 6.65. The van der Waals surface area contributed by atoms with Gasteiger partial charge in [0, 0.05) is 11.7 Å². The van der Waals surface area contributed by atoms with E-state index in [-0.39, 0.29) is 24.0 Å². The number of rotatable bonds is 4. The van der Waals surface area contributed by atoms with Gasteiger partial charge in [0.25, 0.3) is 0 Å². The number of benzene rings is 1. The van der Waals surface area contributed by atoms with Gasteiger partial charge in [-0.25, -0.2) is 0 Å². The van der Waals surface area contributed by atoms with Crippen LogP contribution < -0.4 is 11.1 Å². The molecule has 4 nitrogen and oxygen atoms in total. The molecule has 1 aromatic carbocycles.